The Bertz CT molecular complexity index is 377. The van der Waals surface area contributed by atoms with E-state index in [0.29, 0.717) is 6.61 Å². The van der Waals surface area contributed by atoms with Crippen LogP contribution in [0.5, 0.6) is 0 Å². The minimum Gasteiger partial charge on any atom is -0.348 e. The predicted octanol–water partition coefficient (Wildman–Crippen LogP) is 0.583. The largest absolute Gasteiger partial charge is 0.348 e. The number of carbonyl (C=O) groups is 1. The van der Waals surface area contributed by atoms with Crippen molar-refractivity contribution in [1.29, 1.82) is 0 Å². The molecule has 0 aliphatic carbocycles. The molecule has 102 valence electrons. The minimum absolute atomic E-state index is 0.128. The predicted molar refractivity (Wildman–Crippen MR) is 58.6 cm³/mol. The fourth-order valence-corrected chi connectivity index (χ4v) is 2.53. The second-order valence-electron chi connectivity index (χ2n) is 5.75. The Balaban J connectivity index is 1.70. The van der Waals surface area contributed by atoms with Crippen molar-refractivity contribution in [2.24, 2.45) is 0 Å². The van der Waals surface area contributed by atoms with E-state index < -0.39 is 36.2 Å². The Morgan fingerprint density at radius 3 is 2.28 bits per heavy atom. The summed E-state index contributed by atoms with van der Waals surface area (Å²) >= 11 is 0. The van der Waals surface area contributed by atoms with Crippen LogP contribution < -0.4 is 0 Å². The van der Waals surface area contributed by atoms with E-state index >= 15 is 0 Å². The van der Waals surface area contributed by atoms with Gasteiger partial charge in [-0.25, -0.2) is 0 Å². The van der Waals surface area contributed by atoms with Gasteiger partial charge < -0.3 is 23.7 Å². The van der Waals surface area contributed by atoms with Gasteiger partial charge in [0, 0.05) is 0 Å². The quantitative estimate of drug-likeness (QED) is 0.685. The van der Waals surface area contributed by atoms with Crippen LogP contribution in [0.2, 0.25) is 0 Å². The van der Waals surface area contributed by atoms with Crippen LogP contribution in [0.1, 0.15) is 27.7 Å². The zero-order chi connectivity index (χ0) is 13.1. The lowest BCUT2D eigenvalue weighted by atomic mass is 10.1. The highest BCUT2D eigenvalue weighted by Crippen LogP contribution is 2.38. The molecule has 3 fully saturated rings. The maximum atomic E-state index is 12.2. The van der Waals surface area contributed by atoms with Crippen LogP contribution in [-0.4, -0.2) is 48.6 Å². The van der Waals surface area contributed by atoms with E-state index in [1.165, 1.54) is 0 Å². The Hall–Kier alpha value is -0.530. The highest BCUT2D eigenvalue weighted by atomic mass is 16.8. The summed E-state index contributed by atoms with van der Waals surface area (Å²) in [6, 6.07) is 0. The number of carbonyl (C=O) groups excluding carboxylic acids is 1. The van der Waals surface area contributed by atoms with E-state index in [0.717, 1.165) is 0 Å². The Kier molecular flexibility index (Phi) is 2.60. The molecule has 1 unspecified atom stereocenters. The van der Waals surface area contributed by atoms with Crippen LogP contribution >= 0.6 is 0 Å². The maximum absolute atomic E-state index is 12.2. The first-order chi connectivity index (χ1) is 8.27. The second kappa shape index (κ2) is 3.74. The van der Waals surface area contributed by atoms with Crippen molar-refractivity contribution >= 4 is 5.78 Å². The van der Waals surface area contributed by atoms with Crippen LogP contribution in [0.4, 0.5) is 0 Å². The minimum atomic E-state index is -0.776. The number of hydrogen-bond acceptors (Lipinski definition) is 6. The molecule has 0 radical (unpaired) electrons. The normalized spacial score (nSPS) is 45.4. The molecule has 6 nitrogen and oxygen atoms in total. The van der Waals surface area contributed by atoms with Gasteiger partial charge in [0.2, 0.25) is 0 Å². The lowest BCUT2D eigenvalue weighted by Crippen LogP contribution is -2.39. The smallest absolute Gasteiger partial charge is 0.198 e. The molecule has 0 aromatic carbocycles. The fraction of sp³-hybridized carbons (Fsp3) is 0.917. The van der Waals surface area contributed by atoms with Crippen LogP contribution in [-0.2, 0) is 28.5 Å². The van der Waals surface area contributed by atoms with E-state index in [9.17, 15) is 4.79 Å². The second-order valence-corrected chi connectivity index (χ2v) is 5.75. The molecule has 6 heteroatoms. The number of ether oxygens (including phenoxy) is 5. The third-order valence-electron chi connectivity index (χ3n) is 3.27. The van der Waals surface area contributed by atoms with Crippen molar-refractivity contribution in [2.75, 3.05) is 6.61 Å². The molecular formula is C12H18O6. The van der Waals surface area contributed by atoms with Gasteiger partial charge in [-0.05, 0) is 27.7 Å². The molecule has 0 aromatic rings. The standard InChI is InChI=1S/C12H18O6/c1-11(2)14-5-6(16-11)8-7(13)9-10(15-8)18-12(3,4)17-9/h6,8-10H,5H2,1-4H3/t6?,8-,9+,10-/m1/s1. The molecular weight excluding hydrogens is 240 g/mol. The Labute approximate surface area is 105 Å². The molecule has 3 rings (SSSR count). The van der Waals surface area contributed by atoms with E-state index in [2.05, 4.69) is 0 Å². The maximum Gasteiger partial charge on any atom is 0.198 e. The average molecular weight is 258 g/mol. The lowest BCUT2D eigenvalue weighted by molar-refractivity contribution is -0.219. The van der Waals surface area contributed by atoms with Crippen molar-refractivity contribution in [3.8, 4) is 0 Å². The number of rotatable bonds is 1. The van der Waals surface area contributed by atoms with Crippen molar-refractivity contribution in [3.05, 3.63) is 0 Å². The molecule has 3 saturated heterocycles. The summed E-state index contributed by atoms with van der Waals surface area (Å²) in [6.45, 7) is 7.48. The van der Waals surface area contributed by atoms with Crippen LogP contribution in [0, 0.1) is 0 Å². The fourth-order valence-electron chi connectivity index (χ4n) is 2.53. The molecule has 0 bridgehead atoms. The number of fused-ring (bicyclic) bond motifs is 1. The molecule has 4 atom stereocenters. The summed E-state index contributed by atoms with van der Waals surface area (Å²) in [6.07, 6.45) is -2.35. The van der Waals surface area contributed by atoms with Gasteiger partial charge in [-0.1, -0.05) is 0 Å². The van der Waals surface area contributed by atoms with Gasteiger partial charge in [0.15, 0.2) is 35.9 Å². The monoisotopic (exact) mass is 258 g/mol. The van der Waals surface area contributed by atoms with Crippen molar-refractivity contribution in [2.45, 2.75) is 63.9 Å². The summed E-state index contributed by atoms with van der Waals surface area (Å²) in [5.41, 5.74) is 0. The zero-order valence-corrected chi connectivity index (χ0v) is 11.0. The topological polar surface area (TPSA) is 63.2 Å². The van der Waals surface area contributed by atoms with E-state index in [4.69, 9.17) is 23.7 Å². The first-order valence-electron chi connectivity index (χ1n) is 6.14. The molecule has 0 N–H and O–H groups in total. The van der Waals surface area contributed by atoms with Gasteiger partial charge in [-0.15, -0.1) is 0 Å². The van der Waals surface area contributed by atoms with Gasteiger partial charge in [0.05, 0.1) is 6.61 Å². The highest BCUT2D eigenvalue weighted by Gasteiger charge is 2.57. The SMILES string of the molecule is CC1(C)OCC([C@H]2O[C@@H]3OC(C)(C)O[C@H]3C2=O)O1. The molecule has 0 amide bonds. The summed E-state index contributed by atoms with van der Waals surface area (Å²) in [5.74, 6) is -1.58. The molecule has 3 heterocycles. The molecule has 0 spiro atoms. The summed E-state index contributed by atoms with van der Waals surface area (Å²) < 4.78 is 27.7. The van der Waals surface area contributed by atoms with Crippen LogP contribution in [0.3, 0.4) is 0 Å². The van der Waals surface area contributed by atoms with Crippen molar-refractivity contribution < 1.29 is 28.5 Å². The molecule has 18 heavy (non-hydrogen) atoms. The van der Waals surface area contributed by atoms with Gasteiger partial charge in [-0.3, -0.25) is 4.79 Å². The number of hydrogen-bond donors (Lipinski definition) is 0. The molecule has 0 saturated carbocycles. The molecule has 3 aliphatic rings. The van der Waals surface area contributed by atoms with Gasteiger partial charge in [-0.2, -0.15) is 0 Å². The van der Waals surface area contributed by atoms with E-state index in [-0.39, 0.29) is 5.78 Å². The van der Waals surface area contributed by atoms with Gasteiger partial charge in [0.1, 0.15) is 6.10 Å². The first-order valence-corrected chi connectivity index (χ1v) is 6.14. The van der Waals surface area contributed by atoms with Gasteiger partial charge >= 0.3 is 0 Å². The number of ketones is 1. The zero-order valence-electron chi connectivity index (χ0n) is 11.0. The Morgan fingerprint density at radius 2 is 1.72 bits per heavy atom. The van der Waals surface area contributed by atoms with Crippen molar-refractivity contribution in [1.82, 2.24) is 0 Å². The van der Waals surface area contributed by atoms with Crippen LogP contribution in [0.25, 0.3) is 0 Å². The average Bonchev–Trinajstić information content (AvgIpc) is 2.81. The van der Waals surface area contributed by atoms with Gasteiger partial charge in [0.25, 0.3) is 0 Å². The third-order valence-corrected chi connectivity index (χ3v) is 3.27. The number of Topliss-reactive ketones (excluding diaryl/α,β-unsaturated/α-hetero) is 1. The van der Waals surface area contributed by atoms with Crippen molar-refractivity contribution in [3.63, 3.8) is 0 Å². The lowest BCUT2D eigenvalue weighted by Gasteiger charge is -2.23. The van der Waals surface area contributed by atoms with Crippen LogP contribution in [0.15, 0.2) is 0 Å². The highest BCUT2D eigenvalue weighted by molar-refractivity contribution is 5.90. The third kappa shape index (κ3) is 1.98. The summed E-state index contributed by atoms with van der Waals surface area (Å²) in [7, 11) is 0. The molecule has 3 aliphatic heterocycles. The first kappa shape index (κ1) is 12.5. The summed E-state index contributed by atoms with van der Waals surface area (Å²) in [5, 5.41) is 0. The molecule has 0 aromatic heterocycles. The van der Waals surface area contributed by atoms with E-state index in [1.54, 1.807) is 13.8 Å². The van der Waals surface area contributed by atoms with E-state index in [1.807, 2.05) is 13.8 Å². The Morgan fingerprint density at radius 1 is 1.00 bits per heavy atom. The summed E-state index contributed by atoms with van der Waals surface area (Å²) in [4.78, 5) is 12.2.